The average molecular weight is 635 g/mol. The molecular weight excluding hydrogens is 580 g/mol. The maximum Gasteiger partial charge on any atom is 0.512 e. The molecule has 0 rings (SSSR count). The van der Waals surface area contributed by atoms with E-state index in [0.717, 1.165) is 12.8 Å². The number of hydrogen-bond acceptors (Lipinski definition) is 13. The van der Waals surface area contributed by atoms with Gasteiger partial charge in [0.2, 0.25) is 36.7 Å². The third kappa shape index (κ3) is 13.4. The van der Waals surface area contributed by atoms with Gasteiger partial charge >= 0.3 is 18.1 Å². The van der Waals surface area contributed by atoms with E-state index in [1.165, 1.54) is 27.7 Å². The Morgan fingerprint density at radius 3 is 1.09 bits per heavy atom. The van der Waals surface area contributed by atoms with Gasteiger partial charge in [-0.15, -0.1) is 0 Å². The van der Waals surface area contributed by atoms with Gasteiger partial charge in [0.25, 0.3) is 0 Å². The van der Waals surface area contributed by atoms with E-state index in [-0.39, 0.29) is 22.3 Å². The quantitative estimate of drug-likeness (QED) is 0.0258. The zero-order valence-electron chi connectivity index (χ0n) is 28.9. The molecule has 44 heavy (non-hydrogen) atoms. The van der Waals surface area contributed by atoms with E-state index in [1.807, 2.05) is 69.2 Å². The van der Waals surface area contributed by atoms with E-state index < -0.39 is 54.5 Å². The van der Waals surface area contributed by atoms with Crippen LogP contribution in [-0.2, 0) is 57.6 Å². The highest BCUT2D eigenvalue weighted by atomic mass is 17.2. The standard InChI is InChI=1S/C31H54O13/c1-17-28(9,10)30(13,14)43-41-19(3)25(32)37-21(5)35-23(7)39-27(34)40-24(8)36-22(6)38-26(33)20(4)42-44-31(15,16)29(11,12)18-2/h21-24H,3-4,17-18H2,1-2,5-16H3. The topological polar surface area (TPSA) is 144 Å². The number of carbonyl (C=O) groups is 3. The highest BCUT2D eigenvalue weighted by Crippen LogP contribution is 2.38. The molecule has 0 amide bonds. The van der Waals surface area contributed by atoms with Gasteiger partial charge in [0, 0.05) is 0 Å². The normalized spacial score (nSPS) is 15.2. The third-order valence-corrected chi connectivity index (χ3v) is 8.02. The molecule has 0 N–H and O–H groups in total. The largest absolute Gasteiger partial charge is 0.512 e. The van der Waals surface area contributed by atoms with Crippen molar-refractivity contribution in [2.75, 3.05) is 0 Å². The van der Waals surface area contributed by atoms with Crippen LogP contribution < -0.4 is 0 Å². The molecule has 4 atom stereocenters. The van der Waals surface area contributed by atoms with E-state index >= 15 is 0 Å². The second-order valence-corrected chi connectivity index (χ2v) is 12.5. The van der Waals surface area contributed by atoms with Crippen molar-refractivity contribution in [1.82, 2.24) is 0 Å². The van der Waals surface area contributed by atoms with Gasteiger partial charge in [-0.25, -0.2) is 14.4 Å². The summed E-state index contributed by atoms with van der Waals surface area (Å²) >= 11 is 0. The Kier molecular flexibility index (Phi) is 15.9. The molecule has 4 unspecified atom stereocenters. The molecule has 13 nitrogen and oxygen atoms in total. The van der Waals surface area contributed by atoms with Gasteiger partial charge in [-0.1, -0.05) is 41.5 Å². The summed E-state index contributed by atoms with van der Waals surface area (Å²) in [6.07, 6.45) is -4.24. The van der Waals surface area contributed by atoms with Crippen LogP contribution in [0.3, 0.4) is 0 Å². The molecule has 13 heteroatoms. The third-order valence-electron chi connectivity index (χ3n) is 8.02. The number of ether oxygens (including phenoxy) is 6. The lowest BCUT2D eigenvalue weighted by molar-refractivity contribution is -0.351. The van der Waals surface area contributed by atoms with Crippen LogP contribution in [0.25, 0.3) is 0 Å². The minimum absolute atomic E-state index is 0.247. The van der Waals surface area contributed by atoms with Crippen molar-refractivity contribution in [2.45, 2.75) is 146 Å². The summed E-state index contributed by atoms with van der Waals surface area (Å²) in [4.78, 5) is 57.7. The fourth-order valence-corrected chi connectivity index (χ4v) is 2.84. The molecule has 0 aliphatic heterocycles. The fraction of sp³-hybridized carbons (Fsp3) is 0.774. The van der Waals surface area contributed by atoms with Gasteiger partial charge < -0.3 is 38.2 Å². The zero-order valence-corrected chi connectivity index (χ0v) is 28.9. The van der Waals surface area contributed by atoms with Gasteiger partial charge in [-0.05, 0) is 92.2 Å². The van der Waals surface area contributed by atoms with Crippen LogP contribution in [0.1, 0.15) is 110 Å². The van der Waals surface area contributed by atoms with E-state index in [0.29, 0.717) is 0 Å². The molecule has 0 aromatic carbocycles. The molecule has 0 aliphatic rings. The Morgan fingerprint density at radius 2 is 0.818 bits per heavy atom. The molecule has 0 saturated heterocycles. The summed E-state index contributed by atoms with van der Waals surface area (Å²) in [6, 6.07) is 0. The Hall–Kier alpha value is -2.87. The minimum atomic E-state index is -1.19. The number of rotatable bonds is 20. The molecule has 0 bridgehead atoms. The lowest BCUT2D eigenvalue weighted by Gasteiger charge is -2.38. The molecule has 0 fully saturated rings. The maximum atomic E-state index is 12.3. The molecule has 0 saturated carbocycles. The summed E-state index contributed by atoms with van der Waals surface area (Å²) in [5.74, 6) is -2.64. The number of carbonyl (C=O) groups excluding carboxylic acids is 3. The second-order valence-electron chi connectivity index (χ2n) is 12.5. The first-order chi connectivity index (χ1) is 19.9. The van der Waals surface area contributed by atoms with Gasteiger partial charge in [0.1, 0.15) is 11.2 Å². The smallest absolute Gasteiger partial charge is 0.430 e. The summed E-state index contributed by atoms with van der Waals surface area (Å²) in [5, 5.41) is 0. The fourth-order valence-electron chi connectivity index (χ4n) is 2.84. The first-order valence-corrected chi connectivity index (χ1v) is 14.6. The Balaban J connectivity index is 4.59. The van der Waals surface area contributed by atoms with Crippen molar-refractivity contribution in [1.29, 1.82) is 0 Å². The van der Waals surface area contributed by atoms with Crippen LogP contribution in [0, 0.1) is 10.8 Å². The van der Waals surface area contributed by atoms with E-state index in [1.54, 1.807) is 0 Å². The Morgan fingerprint density at radius 1 is 0.545 bits per heavy atom. The van der Waals surface area contributed by atoms with E-state index in [4.69, 9.17) is 48.0 Å². The van der Waals surface area contributed by atoms with Crippen LogP contribution in [0.15, 0.2) is 24.7 Å². The average Bonchev–Trinajstić information content (AvgIpc) is 2.89. The highest BCUT2D eigenvalue weighted by Gasteiger charge is 2.40. The van der Waals surface area contributed by atoms with Crippen molar-refractivity contribution >= 4 is 18.1 Å². The van der Waals surface area contributed by atoms with Crippen LogP contribution in [0.4, 0.5) is 4.79 Å². The molecular formula is C31H54O13. The predicted molar refractivity (Wildman–Crippen MR) is 159 cm³/mol. The van der Waals surface area contributed by atoms with Gasteiger partial charge in [-0.3, -0.25) is 0 Å². The van der Waals surface area contributed by atoms with E-state index in [2.05, 4.69) is 13.2 Å². The minimum Gasteiger partial charge on any atom is -0.430 e. The Bertz CT molecular complexity index is 907. The van der Waals surface area contributed by atoms with Crippen LogP contribution in [0.5, 0.6) is 0 Å². The van der Waals surface area contributed by atoms with E-state index in [9.17, 15) is 14.4 Å². The number of hydrogen-bond donors (Lipinski definition) is 0. The summed E-state index contributed by atoms with van der Waals surface area (Å²) < 4.78 is 30.8. The van der Waals surface area contributed by atoms with Crippen molar-refractivity contribution in [3.63, 3.8) is 0 Å². The molecule has 0 aliphatic carbocycles. The lowest BCUT2D eigenvalue weighted by Crippen LogP contribution is -2.41. The second kappa shape index (κ2) is 17.0. The van der Waals surface area contributed by atoms with Gasteiger partial charge in [-0.2, -0.15) is 9.78 Å². The summed E-state index contributed by atoms with van der Waals surface area (Å²) in [7, 11) is 0. The maximum absolute atomic E-state index is 12.3. The SMILES string of the molecule is C=C(OOC(C)(C)C(C)(C)CC)C(=O)OC(C)OC(C)OC(=O)OC(C)OC(C)OC(=O)C(=C)OOC(C)(C)C(C)(C)CC. The highest BCUT2D eigenvalue weighted by molar-refractivity contribution is 5.85. The number of esters is 2. The predicted octanol–water partition coefficient (Wildman–Crippen LogP) is 7.00. The lowest BCUT2D eigenvalue weighted by atomic mass is 9.75. The molecule has 0 spiro atoms. The monoisotopic (exact) mass is 634 g/mol. The van der Waals surface area contributed by atoms with Gasteiger partial charge in [0.05, 0.1) is 0 Å². The van der Waals surface area contributed by atoms with Gasteiger partial charge in [0.15, 0.2) is 0 Å². The first kappa shape index (κ1) is 41.1. The molecule has 0 heterocycles. The van der Waals surface area contributed by atoms with Crippen LogP contribution >= 0.6 is 0 Å². The summed E-state index contributed by atoms with van der Waals surface area (Å²) in [5.41, 5.74) is -1.95. The Labute approximate surface area is 262 Å². The van der Waals surface area contributed by atoms with Crippen LogP contribution in [-0.4, -0.2) is 54.5 Å². The molecule has 256 valence electrons. The van der Waals surface area contributed by atoms with Crippen molar-refractivity contribution in [2.24, 2.45) is 10.8 Å². The van der Waals surface area contributed by atoms with Crippen molar-refractivity contribution in [3.8, 4) is 0 Å². The van der Waals surface area contributed by atoms with Crippen molar-refractivity contribution < 1.29 is 62.4 Å². The van der Waals surface area contributed by atoms with Crippen molar-refractivity contribution in [3.05, 3.63) is 24.7 Å². The molecule has 0 aromatic heterocycles. The molecule has 0 aromatic rings. The zero-order chi connectivity index (χ0) is 34.7. The summed E-state index contributed by atoms with van der Waals surface area (Å²) in [6.45, 7) is 31.9. The molecule has 0 radical (unpaired) electrons. The van der Waals surface area contributed by atoms with Crippen LogP contribution in [0.2, 0.25) is 0 Å². The first-order valence-electron chi connectivity index (χ1n) is 14.6.